The zero-order valence-electron chi connectivity index (χ0n) is 16.2. The van der Waals surface area contributed by atoms with Gasteiger partial charge >= 0.3 is 5.97 Å². The standard InChI is InChI=1S/C21H28N2O4/c1-16-5-3-6-17(13-16)14-22-11-4-9-21(20(22)26)10-12-23(15-21)18(24)7-8-19(25)27-2/h3,5-6,13H,4,7-12,14-15H2,1-2H3. The van der Waals surface area contributed by atoms with Gasteiger partial charge in [-0.3, -0.25) is 14.4 Å². The van der Waals surface area contributed by atoms with Crippen LogP contribution in [0, 0.1) is 12.3 Å². The summed E-state index contributed by atoms with van der Waals surface area (Å²) in [6.45, 7) is 4.50. The molecule has 6 nitrogen and oxygen atoms in total. The molecular formula is C21H28N2O4. The molecule has 146 valence electrons. The summed E-state index contributed by atoms with van der Waals surface area (Å²) in [5.41, 5.74) is 1.88. The topological polar surface area (TPSA) is 66.9 Å². The third kappa shape index (κ3) is 4.31. The lowest BCUT2D eigenvalue weighted by Crippen LogP contribution is -2.50. The van der Waals surface area contributed by atoms with Crippen molar-refractivity contribution in [3.05, 3.63) is 35.4 Å². The number of piperidine rings is 1. The highest BCUT2D eigenvalue weighted by atomic mass is 16.5. The van der Waals surface area contributed by atoms with E-state index in [2.05, 4.69) is 29.9 Å². The average molecular weight is 372 g/mol. The van der Waals surface area contributed by atoms with E-state index in [-0.39, 0.29) is 30.6 Å². The van der Waals surface area contributed by atoms with Gasteiger partial charge in [0, 0.05) is 32.6 Å². The SMILES string of the molecule is COC(=O)CCC(=O)N1CCC2(CCCN(Cc3cccc(C)c3)C2=O)C1. The molecule has 1 spiro atoms. The van der Waals surface area contributed by atoms with Gasteiger partial charge in [0.2, 0.25) is 11.8 Å². The molecule has 0 N–H and O–H groups in total. The monoisotopic (exact) mass is 372 g/mol. The smallest absolute Gasteiger partial charge is 0.306 e. The molecule has 1 aromatic rings. The number of aryl methyl sites for hydroxylation is 1. The molecule has 2 heterocycles. The molecule has 0 aromatic heterocycles. The van der Waals surface area contributed by atoms with Gasteiger partial charge in [0.25, 0.3) is 0 Å². The van der Waals surface area contributed by atoms with Crippen LogP contribution in [0.25, 0.3) is 0 Å². The Morgan fingerprint density at radius 1 is 1.19 bits per heavy atom. The summed E-state index contributed by atoms with van der Waals surface area (Å²) in [6.07, 6.45) is 2.73. The largest absolute Gasteiger partial charge is 0.469 e. The van der Waals surface area contributed by atoms with Crippen LogP contribution in [0.2, 0.25) is 0 Å². The fraction of sp³-hybridized carbons (Fsp3) is 0.571. The molecule has 0 bridgehead atoms. The van der Waals surface area contributed by atoms with Crippen LogP contribution < -0.4 is 0 Å². The number of esters is 1. The molecule has 1 aromatic carbocycles. The van der Waals surface area contributed by atoms with Crippen LogP contribution >= 0.6 is 0 Å². The third-order valence-electron chi connectivity index (χ3n) is 5.76. The van der Waals surface area contributed by atoms with E-state index in [1.54, 1.807) is 4.90 Å². The van der Waals surface area contributed by atoms with E-state index in [1.165, 1.54) is 12.7 Å². The normalized spacial score (nSPS) is 22.4. The Hall–Kier alpha value is -2.37. The first-order chi connectivity index (χ1) is 12.9. The van der Waals surface area contributed by atoms with E-state index >= 15 is 0 Å². The Kier molecular flexibility index (Phi) is 5.82. The van der Waals surface area contributed by atoms with Crippen molar-refractivity contribution in [3.8, 4) is 0 Å². The lowest BCUT2D eigenvalue weighted by molar-refractivity contribution is -0.147. The molecule has 2 aliphatic heterocycles. The number of hydrogen-bond donors (Lipinski definition) is 0. The number of carbonyl (C=O) groups excluding carboxylic acids is 3. The number of ether oxygens (including phenoxy) is 1. The Balaban J connectivity index is 1.63. The Morgan fingerprint density at radius 2 is 2.00 bits per heavy atom. The molecule has 0 saturated carbocycles. The summed E-state index contributed by atoms with van der Waals surface area (Å²) in [7, 11) is 1.32. The maximum Gasteiger partial charge on any atom is 0.306 e. The first-order valence-electron chi connectivity index (χ1n) is 9.63. The van der Waals surface area contributed by atoms with Gasteiger partial charge in [0.1, 0.15) is 0 Å². The number of carbonyl (C=O) groups is 3. The Morgan fingerprint density at radius 3 is 2.74 bits per heavy atom. The second-order valence-corrected chi connectivity index (χ2v) is 7.74. The van der Waals surface area contributed by atoms with E-state index in [0.717, 1.165) is 24.9 Å². The van der Waals surface area contributed by atoms with Crippen LogP contribution in [-0.4, -0.2) is 54.3 Å². The molecule has 0 radical (unpaired) electrons. The van der Waals surface area contributed by atoms with Crippen LogP contribution in [-0.2, 0) is 25.7 Å². The third-order valence-corrected chi connectivity index (χ3v) is 5.76. The number of benzene rings is 1. The summed E-state index contributed by atoms with van der Waals surface area (Å²) >= 11 is 0. The molecule has 6 heteroatoms. The molecule has 0 aliphatic carbocycles. The van der Waals surface area contributed by atoms with Crippen molar-refractivity contribution in [1.29, 1.82) is 0 Å². The lowest BCUT2D eigenvalue weighted by atomic mass is 9.78. The molecule has 3 rings (SSSR count). The van der Waals surface area contributed by atoms with Crippen LogP contribution in [0.4, 0.5) is 0 Å². The fourth-order valence-electron chi connectivity index (χ4n) is 4.27. The van der Waals surface area contributed by atoms with Crippen molar-refractivity contribution >= 4 is 17.8 Å². The van der Waals surface area contributed by atoms with Crippen LogP contribution in [0.5, 0.6) is 0 Å². The number of likely N-dealkylation sites (tertiary alicyclic amines) is 2. The van der Waals surface area contributed by atoms with Crippen LogP contribution in [0.3, 0.4) is 0 Å². The van der Waals surface area contributed by atoms with E-state index < -0.39 is 5.41 Å². The first kappa shape index (κ1) is 19.4. The fourth-order valence-corrected chi connectivity index (χ4v) is 4.27. The summed E-state index contributed by atoms with van der Waals surface area (Å²) in [5.74, 6) is -0.283. The molecule has 2 saturated heterocycles. The molecule has 2 amide bonds. The minimum atomic E-state index is -0.455. The number of hydrogen-bond acceptors (Lipinski definition) is 4. The summed E-state index contributed by atoms with van der Waals surface area (Å²) in [6, 6.07) is 8.24. The minimum Gasteiger partial charge on any atom is -0.469 e. The second-order valence-electron chi connectivity index (χ2n) is 7.74. The van der Waals surface area contributed by atoms with Gasteiger partial charge in [-0.25, -0.2) is 0 Å². The molecule has 2 aliphatic rings. The predicted octanol–water partition coefficient (Wildman–Crippen LogP) is 2.29. The second kappa shape index (κ2) is 8.11. The zero-order chi connectivity index (χ0) is 19.4. The van der Waals surface area contributed by atoms with Gasteiger partial charge in [-0.2, -0.15) is 0 Å². The highest BCUT2D eigenvalue weighted by Crippen LogP contribution is 2.40. The van der Waals surface area contributed by atoms with E-state index in [9.17, 15) is 14.4 Å². The Labute approximate surface area is 160 Å². The van der Waals surface area contributed by atoms with Crippen molar-refractivity contribution in [3.63, 3.8) is 0 Å². The van der Waals surface area contributed by atoms with Gasteiger partial charge in [-0.05, 0) is 31.7 Å². The number of amides is 2. The quantitative estimate of drug-likeness (QED) is 0.744. The van der Waals surface area contributed by atoms with Gasteiger partial charge in [-0.15, -0.1) is 0 Å². The maximum atomic E-state index is 13.2. The van der Waals surface area contributed by atoms with Crippen molar-refractivity contribution in [1.82, 2.24) is 9.80 Å². The van der Waals surface area contributed by atoms with Crippen LogP contribution in [0.1, 0.15) is 43.2 Å². The Bertz CT molecular complexity index is 733. The van der Waals surface area contributed by atoms with Gasteiger partial charge in [-0.1, -0.05) is 29.8 Å². The molecule has 2 fully saturated rings. The van der Waals surface area contributed by atoms with Crippen molar-refractivity contribution in [2.24, 2.45) is 5.41 Å². The van der Waals surface area contributed by atoms with Gasteiger partial charge in [0.05, 0.1) is 18.9 Å². The number of nitrogens with zero attached hydrogens (tertiary/aromatic N) is 2. The van der Waals surface area contributed by atoms with E-state index in [4.69, 9.17) is 0 Å². The van der Waals surface area contributed by atoms with E-state index in [0.29, 0.717) is 26.1 Å². The highest BCUT2D eigenvalue weighted by molar-refractivity contribution is 5.87. The summed E-state index contributed by atoms with van der Waals surface area (Å²) in [4.78, 5) is 40.6. The summed E-state index contributed by atoms with van der Waals surface area (Å²) in [5, 5.41) is 0. The van der Waals surface area contributed by atoms with Crippen molar-refractivity contribution in [2.75, 3.05) is 26.7 Å². The van der Waals surface area contributed by atoms with Gasteiger partial charge < -0.3 is 14.5 Å². The van der Waals surface area contributed by atoms with Crippen molar-refractivity contribution < 1.29 is 19.1 Å². The highest BCUT2D eigenvalue weighted by Gasteiger charge is 2.49. The van der Waals surface area contributed by atoms with Crippen LogP contribution in [0.15, 0.2) is 24.3 Å². The van der Waals surface area contributed by atoms with E-state index in [1.807, 2.05) is 11.0 Å². The summed E-state index contributed by atoms with van der Waals surface area (Å²) < 4.78 is 4.60. The zero-order valence-corrected chi connectivity index (χ0v) is 16.2. The minimum absolute atomic E-state index is 0.0686. The molecule has 1 atom stereocenters. The van der Waals surface area contributed by atoms with Gasteiger partial charge in [0.15, 0.2) is 0 Å². The number of methoxy groups -OCH3 is 1. The maximum absolute atomic E-state index is 13.2. The first-order valence-corrected chi connectivity index (χ1v) is 9.63. The molecular weight excluding hydrogens is 344 g/mol. The molecule has 27 heavy (non-hydrogen) atoms. The average Bonchev–Trinajstić information content (AvgIpc) is 3.08. The van der Waals surface area contributed by atoms with Crippen molar-refractivity contribution in [2.45, 2.75) is 45.6 Å². The lowest BCUT2D eigenvalue weighted by Gasteiger charge is -2.39. The number of rotatable bonds is 5. The predicted molar refractivity (Wildman–Crippen MR) is 101 cm³/mol. The molecule has 1 unspecified atom stereocenters.